The van der Waals surface area contributed by atoms with Gasteiger partial charge in [-0.05, 0) is 25.1 Å². The summed E-state index contributed by atoms with van der Waals surface area (Å²) in [5.41, 5.74) is 1.83. The Morgan fingerprint density at radius 2 is 1.85 bits per heavy atom. The minimum absolute atomic E-state index is 0.0423. The first-order valence-electron chi connectivity index (χ1n) is 6.61. The van der Waals surface area contributed by atoms with Gasteiger partial charge < -0.3 is 4.90 Å². The van der Waals surface area contributed by atoms with Crippen molar-refractivity contribution in [2.24, 2.45) is 5.92 Å². The number of nitrogens with zero attached hydrogens (tertiary/aromatic N) is 1. The van der Waals surface area contributed by atoms with Crippen LogP contribution >= 0.6 is 0 Å². The summed E-state index contributed by atoms with van der Waals surface area (Å²) in [6, 6.07) is 7.13. The summed E-state index contributed by atoms with van der Waals surface area (Å²) in [5.74, 6) is -0.298. The van der Waals surface area contributed by atoms with Gasteiger partial charge in [0.25, 0.3) is 0 Å². The Balaban J connectivity index is 2.38. The fraction of sp³-hybridized carbons (Fsp3) is 0.400. The van der Waals surface area contributed by atoms with Crippen LogP contribution in [0.25, 0.3) is 0 Å². The Hall–Kier alpha value is -1.62. The number of rotatable bonds is 3. The number of hydrogen-bond acceptors (Lipinski definition) is 3. The van der Waals surface area contributed by atoms with Crippen molar-refractivity contribution in [1.82, 2.24) is 0 Å². The van der Waals surface area contributed by atoms with Crippen molar-refractivity contribution < 1.29 is 13.2 Å². The average Bonchev–Trinajstić information content (AvgIpc) is 2.72. The molecule has 1 aliphatic heterocycles. The third-order valence-corrected chi connectivity index (χ3v) is 4.66. The van der Waals surface area contributed by atoms with E-state index >= 15 is 0 Å². The standard InChI is InChI=1S/C15H19NO3S/c1-11(2)15(17)16(13-6-4-12(3)5-7-13)14-8-9-20(18,19)10-14/h4-9,11,14H,10H2,1-3H3/t14-/m1/s1. The van der Waals surface area contributed by atoms with Crippen LogP contribution in [0.15, 0.2) is 35.7 Å². The Morgan fingerprint density at radius 3 is 2.30 bits per heavy atom. The summed E-state index contributed by atoms with van der Waals surface area (Å²) < 4.78 is 23.2. The number of carbonyl (C=O) groups is 1. The highest BCUT2D eigenvalue weighted by Crippen LogP contribution is 2.25. The monoisotopic (exact) mass is 293 g/mol. The van der Waals surface area contributed by atoms with E-state index in [1.54, 1.807) is 11.0 Å². The van der Waals surface area contributed by atoms with Crippen LogP contribution in [0.2, 0.25) is 0 Å². The summed E-state index contributed by atoms with van der Waals surface area (Å²) >= 11 is 0. The Labute approximate surface area is 120 Å². The number of amides is 1. The maximum atomic E-state index is 12.4. The molecule has 108 valence electrons. The predicted molar refractivity (Wildman–Crippen MR) is 80.2 cm³/mol. The van der Waals surface area contributed by atoms with Gasteiger partial charge in [0, 0.05) is 17.0 Å². The predicted octanol–water partition coefficient (Wildman–Crippen LogP) is 2.29. The van der Waals surface area contributed by atoms with E-state index in [-0.39, 0.29) is 17.6 Å². The van der Waals surface area contributed by atoms with Crippen LogP contribution in [-0.4, -0.2) is 26.1 Å². The van der Waals surface area contributed by atoms with E-state index in [9.17, 15) is 13.2 Å². The molecule has 2 rings (SSSR count). The van der Waals surface area contributed by atoms with Gasteiger partial charge in [0.1, 0.15) is 0 Å². The zero-order valence-electron chi connectivity index (χ0n) is 11.9. The molecule has 1 amide bonds. The summed E-state index contributed by atoms with van der Waals surface area (Å²) in [6.07, 6.45) is 1.59. The molecule has 4 nitrogen and oxygen atoms in total. The molecule has 0 N–H and O–H groups in total. The van der Waals surface area contributed by atoms with Crippen molar-refractivity contribution in [3.63, 3.8) is 0 Å². The minimum Gasteiger partial charge on any atom is -0.304 e. The lowest BCUT2D eigenvalue weighted by atomic mass is 10.1. The van der Waals surface area contributed by atoms with E-state index in [0.717, 1.165) is 11.3 Å². The molecule has 20 heavy (non-hydrogen) atoms. The van der Waals surface area contributed by atoms with Crippen molar-refractivity contribution in [3.8, 4) is 0 Å². The first kappa shape index (κ1) is 14.8. The van der Waals surface area contributed by atoms with Gasteiger partial charge in [0.15, 0.2) is 9.84 Å². The lowest BCUT2D eigenvalue weighted by molar-refractivity contribution is -0.121. The van der Waals surface area contributed by atoms with Crippen molar-refractivity contribution in [1.29, 1.82) is 0 Å². The van der Waals surface area contributed by atoms with Gasteiger partial charge in [-0.2, -0.15) is 0 Å². The zero-order chi connectivity index (χ0) is 14.9. The SMILES string of the molecule is Cc1ccc(N(C(=O)C(C)C)[C@@H]2C=CS(=O)(=O)C2)cc1. The van der Waals surface area contributed by atoms with Gasteiger partial charge >= 0.3 is 0 Å². The Kier molecular flexibility index (Phi) is 3.99. The molecule has 5 heteroatoms. The molecule has 0 aromatic heterocycles. The Bertz CT molecular complexity index is 630. The van der Waals surface area contributed by atoms with Gasteiger partial charge in [-0.15, -0.1) is 0 Å². The van der Waals surface area contributed by atoms with Crippen molar-refractivity contribution in [2.75, 3.05) is 10.7 Å². The summed E-state index contributed by atoms with van der Waals surface area (Å²) in [4.78, 5) is 14.0. The Morgan fingerprint density at radius 1 is 1.25 bits per heavy atom. The maximum Gasteiger partial charge on any atom is 0.230 e. The molecule has 0 unspecified atom stereocenters. The minimum atomic E-state index is -3.19. The number of hydrogen-bond donors (Lipinski definition) is 0. The zero-order valence-corrected chi connectivity index (χ0v) is 12.7. The highest BCUT2D eigenvalue weighted by molar-refractivity contribution is 7.94. The maximum absolute atomic E-state index is 12.4. The third-order valence-electron chi connectivity index (χ3n) is 3.29. The number of carbonyl (C=O) groups excluding carboxylic acids is 1. The van der Waals surface area contributed by atoms with Gasteiger partial charge in [0.2, 0.25) is 5.91 Å². The molecule has 0 bridgehead atoms. The first-order valence-corrected chi connectivity index (χ1v) is 8.32. The number of anilines is 1. The normalized spacial score (nSPS) is 20.3. The van der Waals surface area contributed by atoms with Crippen molar-refractivity contribution >= 4 is 21.4 Å². The molecule has 0 radical (unpaired) electrons. The van der Waals surface area contributed by atoms with E-state index in [0.29, 0.717) is 0 Å². The fourth-order valence-corrected chi connectivity index (χ4v) is 3.45. The highest BCUT2D eigenvalue weighted by Gasteiger charge is 2.32. The molecule has 1 heterocycles. The van der Waals surface area contributed by atoms with Gasteiger partial charge in [-0.3, -0.25) is 4.79 Å². The molecule has 0 saturated carbocycles. The number of sulfone groups is 1. The second-order valence-electron chi connectivity index (χ2n) is 5.42. The molecular formula is C15H19NO3S. The lowest BCUT2D eigenvalue weighted by Crippen LogP contribution is -2.43. The number of aryl methyl sites for hydroxylation is 1. The van der Waals surface area contributed by atoms with Gasteiger partial charge in [-0.1, -0.05) is 31.5 Å². The summed E-state index contributed by atoms with van der Waals surface area (Å²) in [5, 5.41) is 1.20. The summed E-state index contributed by atoms with van der Waals surface area (Å²) in [7, 11) is -3.19. The van der Waals surface area contributed by atoms with E-state index in [2.05, 4.69) is 0 Å². The molecule has 0 fully saturated rings. The largest absolute Gasteiger partial charge is 0.304 e. The van der Waals surface area contributed by atoms with Crippen molar-refractivity contribution in [2.45, 2.75) is 26.8 Å². The van der Waals surface area contributed by atoms with Crippen molar-refractivity contribution in [3.05, 3.63) is 41.3 Å². The second-order valence-corrected chi connectivity index (χ2v) is 7.36. The van der Waals surface area contributed by atoms with E-state index in [4.69, 9.17) is 0 Å². The molecule has 0 saturated heterocycles. The highest BCUT2D eigenvalue weighted by atomic mass is 32.2. The molecule has 1 aliphatic rings. The third kappa shape index (κ3) is 3.10. The van der Waals surface area contributed by atoms with Crippen LogP contribution in [0.1, 0.15) is 19.4 Å². The average molecular weight is 293 g/mol. The van der Waals surface area contributed by atoms with E-state index < -0.39 is 15.9 Å². The topological polar surface area (TPSA) is 54.5 Å². The lowest BCUT2D eigenvalue weighted by Gasteiger charge is -2.29. The first-order chi connectivity index (χ1) is 9.30. The van der Waals surface area contributed by atoms with Crippen LogP contribution in [0.4, 0.5) is 5.69 Å². The van der Waals surface area contributed by atoms with E-state index in [1.165, 1.54) is 5.41 Å². The number of benzene rings is 1. The molecule has 0 aliphatic carbocycles. The van der Waals surface area contributed by atoms with Crippen LogP contribution in [-0.2, 0) is 14.6 Å². The summed E-state index contributed by atoms with van der Waals surface area (Å²) in [6.45, 7) is 5.60. The van der Waals surface area contributed by atoms with E-state index in [1.807, 2.05) is 45.0 Å². The molecule has 1 aromatic rings. The molecule has 0 spiro atoms. The molecule has 1 atom stereocenters. The molecular weight excluding hydrogens is 274 g/mol. The van der Waals surface area contributed by atoms with Crippen LogP contribution in [0, 0.1) is 12.8 Å². The smallest absolute Gasteiger partial charge is 0.230 e. The molecule has 1 aromatic carbocycles. The fourth-order valence-electron chi connectivity index (χ4n) is 2.19. The quantitative estimate of drug-likeness (QED) is 0.859. The van der Waals surface area contributed by atoms with Gasteiger partial charge in [0.05, 0.1) is 11.8 Å². The van der Waals surface area contributed by atoms with Crippen LogP contribution in [0.5, 0.6) is 0 Å². The second kappa shape index (κ2) is 5.40. The van der Waals surface area contributed by atoms with Crippen LogP contribution < -0.4 is 4.90 Å². The van der Waals surface area contributed by atoms with Crippen LogP contribution in [0.3, 0.4) is 0 Å². The van der Waals surface area contributed by atoms with Gasteiger partial charge in [-0.25, -0.2) is 8.42 Å².